The van der Waals surface area contributed by atoms with Crippen LogP contribution in [0.3, 0.4) is 0 Å². The Bertz CT molecular complexity index is 576. The van der Waals surface area contributed by atoms with Crippen LogP contribution in [0.15, 0.2) is 66.2 Å². The van der Waals surface area contributed by atoms with Gasteiger partial charge in [0, 0.05) is 11.8 Å². The third-order valence-corrected chi connectivity index (χ3v) is 2.81. The van der Waals surface area contributed by atoms with E-state index in [4.69, 9.17) is 15.3 Å². The molecule has 104 valence electrons. The van der Waals surface area contributed by atoms with E-state index in [1.54, 1.807) is 6.08 Å². The standard InChI is InChI=1S/C15H16N2O3/c1-11-8-9-17(16)13(15(18)19-2)14(11)20-10-12-6-4-3-5-7-12/h3-9H,1,10,16H2,2H3. The largest absolute Gasteiger partial charge is 0.486 e. The Morgan fingerprint density at radius 3 is 2.70 bits per heavy atom. The average molecular weight is 272 g/mol. The lowest BCUT2D eigenvalue weighted by molar-refractivity contribution is -0.138. The second kappa shape index (κ2) is 6.08. The van der Waals surface area contributed by atoms with Gasteiger partial charge in [-0.15, -0.1) is 0 Å². The maximum absolute atomic E-state index is 11.8. The summed E-state index contributed by atoms with van der Waals surface area (Å²) in [5.74, 6) is 5.50. The van der Waals surface area contributed by atoms with Crippen molar-refractivity contribution >= 4 is 5.97 Å². The lowest BCUT2D eigenvalue weighted by Gasteiger charge is -2.24. The van der Waals surface area contributed by atoms with E-state index in [1.165, 1.54) is 18.3 Å². The molecule has 0 saturated heterocycles. The van der Waals surface area contributed by atoms with Crippen molar-refractivity contribution in [3.8, 4) is 0 Å². The molecule has 1 heterocycles. The maximum atomic E-state index is 11.8. The molecule has 1 aliphatic heterocycles. The van der Waals surface area contributed by atoms with Gasteiger partial charge >= 0.3 is 5.97 Å². The molecule has 0 atom stereocenters. The van der Waals surface area contributed by atoms with Gasteiger partial charge in [0.05, 0.1) is 7.11 Å². The number of esters is 1. The first-order valence-electron chi connectivity index (χ1n) is 6.04. The number of carbonyl (C=O) groups excluding carboxylic acids is 1. The number of benzene rings is 1. The minimum atomic E-state index is -0.568. The number of carbonyl (C=O) groups is 1. The minimum Gasteiger partial charge on any atom is -0.486 e. The molecule has 0 fully saturated rings. The van der Waals surface area contributed by atoms with Gasteiger partial charge in [-0.1, -0.05) is 36.9 Å². The van der Waals surface area contributed by atoms with E-state index < -0.39 is 5.97 Å². The van der Waals surface area contributed by atoms with E-state index in [2.05, 4.69) is 6.58 Å². The van der Waals surface area contributed by atoms with Crippen LogP contribution in [0.4, 0.5) is 0 Å². The molecular weight excluding hydrogens is 256 g/mol. The number of hydrogen-bond donors (Lipinski definition) is 1. The fraction of sp³-hybridized carbons (Fsp3) is 0.133. The smallest absolute Gasteiger partial charge is 0.360 e. The van der Waals surface area contributed by atoms with Crippen molar-refractivity contribution < 1.29 is 14.3 Å². The quantitative estimate of drug-likeness (QED) is 0.669. The van der Waals surface area contributed by atoms with E-state index in [1.807, 2.05) is 30.3 Å². The Kier molecular flexibility index (Phi) is 4.22. The first-order chi connectivity index (χ1) is 9.63. The van der Waals surface area contributed by atoms with Gasteiger partial charge in [0.25, 0.3) is 0 Å². The monoisotopic (exact) mass is 272 g/mol. The van der Waals surface area contributed by atoms with Gasteiger partial charge < -0.3 is 9.47 Å². The molecule has 1 aromatic carbocycles. The predicted octanol–water partition coefficient (Wildman–Crippen LogP) is 1.85. The van der Waals surface area contributed by atoms with E-state index in [0.717, 1.165) is 5.56 Å². The highest BCUT2D eigenvalue weighted by Crippen LogP contribution is 2.24. The van der Waals surface area contributed by atoms with Crippen LogP contribution in [0.5, 0.6) is 0 Å². The molecule has 1 aliphatic rings. The van der Waals surface area contributed by atoms with Gasteiger partial charge in [-0.3, -0.25) is 5.01 Å². The maximum Gasteiger partial charge on any atom is 0.360 e. The van der Waals surface area contributed by atoms with Crippen molar-refractivity contribution in [2.75, 3.05) is 7.11 Å². The van der Waals surface area contributed by atoms with Crippen LogP contribution < -0.4 is 5.84 Å². The van der Waals surface area contributed by atoms with Gasteiger partial charge in [-0.2, -0.15) is 0 Å². The zero-order valence-corrected chi connectivity index (χ0v) is 11.2. The van der Waals surface area contributed by atoms with E-state index >= 15 is 0 Å². The predicted molar refractivity (Wildman–Crippen MR) is 74.6 cm³/mol. The number of hydrazine groups is 1. The Morgan fingerprint density at radius 2 is 2.05 bits per heavy atom. The Morgan fingerprint density at radius 1 is 1.35 bits per heavy atom. The second-order valence-electron chi connectivity index (χ2n) is 4.19. The summed E-state index contributed by atoms with van der Waals surface area (Å²) in [5, 5.41) is 1.17. The molecule has 5 nitrogen and oxygen atoms in total. The van der Waals surface area contributed by atoms with Crippen molar-refractivity contribution in [1.82, 2.24) is 5.01 Å². The summed E-state index contributed by atoms with van der Waals surface area (Å²) in [6.45, 7) is 4.17. The second-order valence-corrected chi connectivity index (χ2v) is 4.19. The number of hydrogen-bond acceptors (Lipinski definition) is 5. The SMILES string of the molecule is C=C1C=CN(N)C(C(=O)OC)=C1OCc1ccccc1. The zero-order valence-electron chi connectivity index (χ0n) is 11.2. The van der Waals surface area contributed by atoms with Crippen LogP contribution in [0.2, 0.25) is 0 Å². The van der Waals surface area contributed by atoms with Crippen LogP contribution in [-0.2, 0) is 20.9 Å². The lowest BCUT2D eigenvalue weighted by Crippen LogP contribution is -2.33. The van der Waals surface area contributed by atoms with Crippen molar-refractivity contribution in [3.63, 3.8) is 0 Å². The number of allylic oxidation sites excluding steroid dienone is 1. The fourth-order valence-electron chi connectivity index (χ4n) is 1.78. The number of ether oxygens (including phenoxy) is 2. The molecule has 5 heteroatoms. The summed E-state index contributed by atoms with van der Waals surface area (Å²) in [4.78, 5) is 11.8. The molecule has 1 aromatic rings. The molecule has 0 radical (unpaired) electrons. The number of nitrogens with two attached hydrogens (primary N) is 1. The minimum absolute atomic E-state index is 0.135. The van der Waals surface area contributed by atoms with E-state index in [0.29, 0.717) is 17.9 Å². The van der Waals surface area contributed by atoms with Gasteiger partial charge in [-0.05, 0) is 11.6 Å². The van der Waals surface area contributed by atoms with Crippen molar-refractivity contribution in [2.24, 2.45) is 5.84 Å². The van der Waals surface area contributed by atoms with Gasteiger partial charge in [0.2, 0.25) is 0 Å². The summed E-state index contributed by atoms with van der Waals surface area (Å²) < 4.78 is 10.4. The topological polar surface area (TPSA) is 64.8 Å². The average Bonchev–Trinajstić information content (AvgIpc) is 2.48. The molecule has 0 aromatic heterocycles. The molecule has 0 unspecified atom stereocenters. The first-order valence-corrected chi connectivity index (χ1v) is 6.04. The summed E-state index contributed by atoms with van der Waals surface area (Å²) in [5.41, 5.74) is 1.69. The molecule has 2 N–H and O–H groups in total. The molecule has 0 saturated carbocycles. The Hall–Kier alpha value is -2.53. The van der Waals surface area contributed by atoms with Crippen LogP contribution in [0, 0.1) is 0 Å². The molecule has 0 amide bonds. The summed E-state index contributed by atoms with van der Waals surface area (Å²) >= 11 is 0. The van der Waals surface area contributed by atoms with Gasteiger partial charge in [-0.25, -0.2) is 10.6 Å². The van der Waals surface area contributed by atoms with Gasteiger partial charge in [0.15, 0.2) is 11.5 Å². The van der Waals surface area contributed by atoms with Crippen LogP contribution in [0.1, 0.15) is 5.56 Å². The molecular formula is C15H16N2O3. The van der Waals surface area contributed by atoms with Crippen molar-refractivity contribution in [2.45, 2.75) is 6.61 Å². The molecule has 0 aliphatic carbocycles. The Balaban J connectivity index is 2.24. The first kappa shape index (κ1) is 13.9. The van der Waals surface area contributed by atoms with Crippen molar-refractivity contribution in [3.05, 3.63) is 71.8 Å². The number of nitrogens with zero attached hydrogens (tertiary/aromatic N) is 1. The highest BCUT2D eigenvalue weighted by molar-refractivity contribution is 5.89. The highest BCUT2D eigenvalue weighted by atomic mass is 16.5. The summed E-state index contributed by atoms with van der Waals surface area (Å²) in [6.07, 6.45) is 3.21. The normalized spacial score (nSPS) is 14.5. The third kappa shape index (κ3) is 2.89. The van der Waals surface area contributed by atoms with Gasteiger partial charge in [0.1, 0.15) is 6.61 Å². The fourth-order valence-corrected chi connectivity index (χ4v) is 1.78. The van der Waals surface area contributed by atoms with Crippen LogP contribution in [0.25, 0.3) is 0 Å². The third-order valence-electron chi connectivity index (χ3n) is 2.81. The zero-order chi connectivity index (χ0) is 14.5. The molecule has 20 heavy (non-hydrogen) atoms. The van der Waals surface area contributed by atoms with E-state index in [-0.39, 0.29) is 5.70 Å². The van der Waals surface area contributed by atoms with E-state index in [9.17, 15) is 4.79 Å². The number of rotatable bonds is 4. The summed E-state index contributed by atoms with van der Waals surface area (Å²) in [6, 6.07) is 9.62. The van der Waals surface area contributed by atoms with Crippen LogP contribution >= 0.6 is 0 Å². The molecule has 0 spiro atoms. The number of methoxy groups -OCH3 is 1. The highest BCUT2D eigenvalue weighted by Gasteiger charge is 2.25. The summed E-state index contributed by atoms with van der Waals surface area (Å²) in [7, 11) is 1.29. The lowest BCUT2D eigenvalue weighted by atomic mass is 10.1. The molecule has 0 bridgehead atoms. The molecule has 2 rings (SSSR count). The van der Waals surface area contributed by atoms with Crippen LogP contribution in [-0.4, -0.2) is 18.1 Å². The van der Waals surface area contributed by atoms with Crippen molar-refractivity contribution in [1.29, 1.82) is 0 Å². The Labute approximate surface area is 117 Å².